The van der Waals surface area contributed by atoms with E-state index in [0.29, 0.717) is 0 Å². The first-order chi connectivity index (χ1) is 6.16. The summed E-state index contributed by atoms with van der Waals surface area (Å²) in [6.07, 6.45) is 1.24. The number of hydrogen-bond acceptors (Lipinski definition) is 3. The summed E-state index contributed by atoms with van der Waals surface area (Å²) >= 11 is 0. The minimum absolute atomic E-state index is 0.0434. The largest absolute Gasteiger partial charge is 0.461 e. The van der Waals surface area contributed by atoms with Crippen molar-refractivity contribution in [2.75, 3.05) is 6.61 Å². The molecule has 0 N–H and O–H groups in total. The summed E-state index contributed by atoms with van der Waals surface area (Å²) in [5, 5.41) is 0. The summed E-state index contributed by atoms with van der Waals surface area (Å²) in [4.78, 5) is 14.9. The van der Waals surface area contributed by atoms with Crippen LogP contribution < -0.4 is 0 Å². The molecule has 1 heterocycles. The van der Waals surface area contributed by atoms with Crippen LogP contribution in [0.15, 0.2) is 12.3 Å². The molecule has 0 saturated carbocycles. The zero-order valence-electron chi connectivity index (χ0n) is 7.50. The second-order valence-electron chi connectivity index (χ2n) is 2.49. The molecule has 0 aliphatic rings. The zero-order chi connectivity index (χ0) is 9.84. The highest BCUT2D eigenvalue weighted by Gasteiger charge is 2.13. The van der Waals surface area contributed by atoms with E-state index in [4.69, 9.17) is 4.74 Å². The van der Waals surface area contributed by atoms with Crippen molar-refractivity contribution in [3.8, 4) is 0 Å². The predicted molar refractivity (Wildman–Crippen MR) is 44.9 cm³/mol. The Morgan fingerprint density at radius 1 is 1.69 bits per heavy atom. The van der Waals surface area contributed by atoms with Crippen LogP contribution in [0.1, 0.15) is 23.0 Å². The Kier molecular flexibility index (Phi) is 2.95. The third kappa shape index (κ3) is 2.02. The zero-order valence-corrected chi connectivity index (χ0v) is 7.50. The molecule has 0 aromatic carbocycles. The first-order valence-electron chi connectivity index (χ1n) is 3.95. The number of nitrogens with zero attached hydrogens (tertiary/aromatic N) is 1. The second kappa shape index (κ2) is 3.98. The van der Waals surface area contributed by atoms with Gasteiger partial charge in [-0.3, -0.25) is 0 Å². The Balaban J connectivity index is 3.01. The maximum atomic E-state index is 12.9. The van der Waals surface area contributed by atoms with E-state index < -0.39 is 11.8 Å². The van der Waals surface area contributed by atoms with Crippen LogP contribution in [-0.4, -0.2) is 17.6 Å². The van der Waals surface area contributed by atoms with Gasteiger partial charge in [0, 0.05) is 11.8 Å². The maximum Gasteiger partial charge on any atom is 0.357 e. The average molecular weight is 183 g/mol. The van der Waals surface area contributed by atoms with Gasteiger partial charge in [-0.15, -0.1) is 0 Å². The summed E-state index contributed by atoms with van der Waals surface area (Å²) in [6, 6.07) is 1.21. The molecule has 0 aliphatic carbocycles. The molecular formula is C9H10FNO2. The van der Waals surface area contributed by atoms with Crippen LogP contribution in [0, 0.1) is 12.7 Å². The fraction of sp³-hybridized carbons (Fsp3) is 0.333. The number of rotatable bonds is 2. The lowest BCUT2D eigenvalue weighted by atomic mass is 10.2. The van der Waals surface area contributed by atoms with Gasteiger partial charge < -0.3 is 4.74 Å². The summed E-state index contributed by atoms with van der Waals surface area (Å²) in [5.41, 5.74) is 0.266. The van der Waals surface area contributed by atoms with Gasteiger partial charge >= 0.3 is 5.97 Å². The number of aromatic nitrogens is 1. The molecule has 0 spiro atoms. The molecule has 0 unspecified atom stereocenters. The topological polar surface area (TPSA) is 39.2 Å². The summed E-state index contributed by atoms with van der Waals surface area (Å²) in [7, 11) is 0. The second-order valence-corrected chi connectivity index (χ2v) is 2.49. The summed E-state index contributed by atoms with van der Waals surface area (Å²) < 4.78 is 17.6. The van der Waals surface area contributed by atoms with Gasteiger partial charge in [-0.25, -0.2) is 14.2 Å². The fourth-order valence-electron chi connectivity index (χ4n) is 0.917. The van der Waals surface area contributed by atoms with E-state index in [1.54, 1.807) is 6.92 Å². The van der Waals surface area contributed by atoms with Gasteiger partial charge in [0.05, 0.1) is 6.61 Å². The van der Waals surface area contributed by atoms with Crippen LogP contribution in [-0.2, 0) is 4.74 Å². The van der Waals surface area contributed by atoms with Crippen molar-refractivity contribution in [3.63, 3.8) is 0 Å². The van der Waals surface area contributed by atoms with E-state index in [-0.39, 0.29) is 17.9 Å². The molecule has 0 radical (unpaired) electrons. The minimum atomic E-state index is -0.584. The molecule has 4 heteroatoms. The highest BCUT2D eigenvalue weighted by Crippen LogP contribution is 2.09. The molecule has 0 atom stereocenters. The Morgan fingerprint density at radius 3 is 3.00 bits per heavy atom. The van der Waals surface area contributed by atoms with E-state index in [0.717, 1.165) is 0 Å². The van der Waals surface area contributed by atoms with Gasteiger partial charge in [0.2, 0.25) is 0 Å². The lowest BCUT2D eigenvalue weighted by Crippen LogP contribution is -2.09. The fourth-order valence-corrected chi connectivity index (χ4v) is 0.917. The molecule has 1 aromatic heterocycles. The van der Waals surface area contributed by atoms with Crippen LogP contribution in [0.3, 0.4) is 0 Å². The lowest BCUT2D eigenvalue weighted by Gasteiger charge is -2.03. The molecule has 0 bridgehead atoms. The minimum Gasteiger partial charge on any atom is -0.461 e. The normalized spacial score (nSPS) is 9.77. The molecule has 0 aliphatic heterocycles. The number of esters is 1. The number of pyridine rings is 1. The number of carbonyl (C=O) groups is 1. The number of ether oxygens (including phenoxy) is 1. The highest BCUT2D eigenvalue weighted by molar-refractivity contribution is 5.88. The molecule has 13 heavy (non-hydrogen) atoms. The van der Waals surface area contributed by atoms with Crippen molar-refractivity contribution < 1.29 is 13.9 Å². The number of hydrogen-bond donors (Lipinski definition) is 0. The quantitative estimate of drug-likeness (QED) is 0.655. The molecule has 0 saturated heterocycles. The Hall–Kier alpha value is -1.45. The van der Waals surface area contributed by atoms with Crippen LogP contribution in [0.2, 0.25) is 0 Å². The molecule has 0 fully saturated rings. The van der Waals surface area contributed by atoms with Gasteiger partial charge in [-0.1, -0.05) is 0 Å². The van der Waals surface area contributed by atoms with E-state index in [1.165, 1.54) is 19.2 Å². The van der Waals surface area contributed by atoms with Crippen LogP contribution in [0.5, 0.6) is 0 Å². The highest BCUT2D eigenvalue weighted by atomic mass is 19.1. The first-order valence-corrected chi connectivity index (χ1v) is 3.95. The van der Waals surface area contributed by atoms with E-state index in [1.807, 2.05) is 0 Å². The predicted octanol–water partition coefficient (Wildman–Crippen LogP) is 1.71. The monoisotopic (exact) mass is 183 g/mol. The Morgan fingerprint density at radius 2 is 2.38 bits per heavy atom. The van der Waals surface area contributed by atoms with Gasteiger partial charge in [-0.05, 0) is 19.9 Å². The molecule has 70 valence electrons. The van der Waals surface area contributed by atoms with Gasteiger partial charge in [0.1, 0.15) is 5.82 Å². The smallest absolute Gasteiger partial charge is 0.357 e. The van der Waals surface area contributed by atoms with Crippen molar-refractivity contribution in [1.82, 2.24) is 4.98 Å². The van der Waals surface area contributed by atoms with E-state index in [9.17, 15) is 9.18 Å². The lowest BCUT2D eigenvalue weighted by molar-refractivity contribution is 0.0518. The van der Waals surface area contributed by atoms with Crippen molar-refractivity contribution in [1.29, 1.82) is 0 Å². The van der Waals surface area contributed by atoms with Crippen molar-refractivity contribution >= 4 is 5.97 Å². The van der Waals surface area contributed by atoms with Gasteiger partial charge in [-0.2, -0.15) is 0 Å². The summed E-state index contributed by atoms with van der Waals surface area (Å²) in [5.74, 6) is -1.03. The molecule has 0 amide bonds. The third-order valence-electron chi connectivity index (χ3n) is 1.61. The van der Waals surface area contributed by atoms with Crippen LogP contribution >= 0.6 is 0 Å². The maximum absolute atomic E-state index is 12.9. The Labute approximate surface area is 75.6 Å². The van der Waals surface area contributed by atoms with Crippen LogP contribution in [0.4, 0.5) is 4.39 Å². The first kappa shape index (κ1) is 9.64. The van der Waals surface area contributed by atoms with E-state index >= 15 is 0 Å². The molecular weight excluding hydrogens is 173 g/mol. The number of carbonyl (C=O) groups excluding carboxylic acids is 1. The summed E-state index contributed by atoms with van der Waals surface area (Å²) in [6.45, 7) is 3.44. The number of halogens is 1. The molecule has 1 rings (SSSR count). The van der Waals surface area contributed by atoms with Crippen molar-refractivity contribution in [2.24, 2.45) is 0 Å². The van der Waals surface area contributed by atoms with Crippen molar-refractivity contribution in [3.05, 3.63) is 29.3 Å². The standard InChI is InChI=1S/C9H10FNO2/c1-3-13-9(12)8-6(2)7(10)4-5-11-8/h4-5H,3H2,1-2H3. The van der Waals surface area contributed by atoms with Gasteiger partial charge in [0.15, 0.2) is 5.69 Å². The van der Waals surface area contributed by atoms with Crippen LogP contribution in [0.25, 0.3) is 0 Å². The Bertz CT molecular complexity index is 325. The average Bonchev–Trinajstić information content (AvgIpc) is 2.10. The van der Waals surface area contributed by atoms with Crippen molar-refractivity contribution in [2.45, 2.75) is 13.8 Å². The van der Waals surface area contributed by atoms with E-state index in [2.05, 4.69) is 4.98 Å². The third-order valence-corrected chi connectivity index (χ3v) is 1.61. The SMILES string of the molecule is CCOC(=O)c1nccc(F)c1C. The molecule has 3 nitrogen and oxygen atoms in total. The van der Waals surface area contributed by atoms with Gasteiger partial charge in [0.25, 0.3) is 0 Å². The molecule has 1 aromatic rings.